The predicted octanol–water partition coefficient (Wildman–Crippen LogP) is 3.19. The minimum Gasteiger partial charge on any atom is -0.326 e. The first-order valence-electron chi connectivity index (χ1n) is 6.13. The van der Waals surface area contributed by atoms with Crippen molar-refractivity contribution >= 4 is 11.6 Å². The molecule has 0 aliphatic rings. The second kappa shape index (κ2) is 5.98. The Morgan fingerprint density at radius 1 is 1.25 bits per heavy atom. The number of hydrogen-bond donors (Lipinski definition) is 1. The van der Waals surface area contributed by atoms with E-state index >= 15 is 0 Å². The lowest BCUT2D eigenvalue weighted by molar-refractivity contribution is -0.115. The van der Waals surface area contributed by atoms with Crippen molar-refractivity contribution in [2.24, 2.45) is 0 Å². The van der Waals surface area contributed by atoms with E-state index in [0.717, 1.165) is 5.56 Å². The van der Waals surface area contributed by atoms with Crippen molar-refractivity contribution in [2.75, 3.05) is 5.32 Å². The van der Waals surface area contributed by atoms with Gasteiger partial charge in [0.1, 0.15) is 5.82 Å². The van der Waals surface area contributed by atoms with Gasteiger partial charge in [-0.15, -0.1) is 0 Å². The van der Waals surface area contributed by atoms with Crippen molar-refractivity contribution in [2.45, 2.75) is 13.3 Å². The quantitative estimate of drug-likeness (QED) is 0.929. The first-order chi connectivity index (χ1) is 9.58. The molecule has 0 fully saturated rings. The van der Waals surface area contributed by atoms with E-state index in [1.54, 1.807) is 37.3 Å². The summed E-state index contributed by atoms with van der Waals surface area (Å²) in [5.74, 6) is -0.503. The number of amides is 1. The normalized spacial score (nSPS) is 9.85. The highest BCUT2D eigenvalue weighted by molar-refractivity contribution is 5.92. The third-order valence-electron chi connectivity index (χ3n) is 2.91. The molecule has 20 heavy (non-hydrogen) atoms. The summed E-state index contributed by atoms with van der Waals surface area (Å²) in [6.45, 7) is 1.74. The highest BCUT2D eigenvalue weighted by atomic mass is 19.1. The monoisotopic (exact) mass is 268 g/mol. The first-order valence-corrected chi connectivity index (χ1v) is 6.13. The van der Waals surface area contributed by atoms with Gasteiger partial charge in [-0.1, -0.05) is 12.1 Å². The van der Waals surface area contributed by atoms with Crippen molar-refractivity contribution < 1.29 is 9.18 Å². The average molecular weight is 268 g/mol. The van der Waals surface area contributed by atoms with E-state index in [4.69, 9.17) is 5.26 Å². The Morgan fingerprint density at radius 2 is 1.95 bits per heavy atom. The van der Waals surface area contributed by atoms with Gasteiger partial charge >= 0.3 is 0 Å². The van der Waals surface area contributed by atoms with E-state index in [2.05, 4.69) is 5.32 Å². The minimum absolute atomic E-state index is 0.176. The molecule has 1 amide bonds. The van der Waals surface area contributed by atoms with Crippen molar-refractivity contribution in [1.82, 2.24) is 0 Å². The lowest BCUT2D eigenvalue weighted by Crippen LogP contribution is -2.15. The molecule has 100 valence electrons. The molecule has 0 saturated carbocycles. The Balaban J connectivity index is 2.03. The summed E-state index contributed by atoms with van der Waals surface area (Å²) in [6.07, 6.45) is 0.211. The van der Waals surface area contributed by atoms with Gasteiger partial charge in [0.15, 0.2) is 0 Å². The summed E-state index contributed by atoms with van der Waals surface area (Å²) < 4.78 is 13.0. The van der Waals surface area contributed by atoms with Gasteiger partial charge in [-0.2, -0.15) is 5.26 Å². The van der Waals surface area contributed by atoms with E-state index in [-0.39, 0.29) is 18.1 Å². The van der Waals surface area contributed by atoms with E-state index < -0.39 is 0 Å². The number of halogens is 1. The molecule has 4 heteroatoms. The summed E-state index contributed by atoms with van der Waals surface area (Å²) in [5.41, 5.74) is 2.66. The zero-order chi connectivity index (χ0) is 14.5. The molecule has 0 radical (unpaired) electrons. The average Bonchev–Trinajstić information content (AvgIpc) is 2.43. The minimum atomic E-state index is -0.326. The smallest absolute Gasteiger partial charge is 0.228 e. The third kappa shape index (κ3) is 3.42. The number of carbonyl (C=O) groups is 1. The highest BCUT2D eigenvalue weighted by Crippen LogP contribution is 2.16. The summed E-state index contributed by atoms with van der Waals surface area (Å²) in [6, 6.07) is 13.1. The van der Waals surface area contributed by atoms with Crippen LogP contribution in [0.4, 0.5) is 10.1 Å². The molecule has 2 rings (SSSR count). The Morgan fingerprint density at radius 3 is 2.55 bits per heavy atom. The number of hydrogen-bond acceptors (Lipinski definition) is 2. The lowest BCUT2D eigenvalue weighted by atomic mass is 10.1. The van der Waals surface area contributed by atoms with E-state index in [1.807, 2.05) is 6.07 Å². The molecule has 1 N–H and O–H groups in total. The third-order valence-corrected chi connectivity index (χ3v) is 2.91. The number of rotatable bonds is 3. The number of nitrogens with zero attached hydrogens (tertiary/aromatic N) is 1. The van der Waals surface area contributed by atoms with Gasteiger partial charge in [-0.3, -0.25) is 4.79 Å². The number of nitriles is 1. The molecule has 0 heterocycles. The Bertz CT molecular complexity index is 672. The van der Waals surface area contributed by atoms with Gasteiger partial charge in [0.05, 0.1) is 18.1 Å². The number of benzene rings is 2. The predicted molar refractivity (Wildman–Crippen MR) is 74.6 cm³/mol. The topological polar surface area (TPSA) is 52.9 Å². The molecule has 0 spiro atoms. The zero-order valence-corrected chi connectivity index (χ0v) is 11.0. The van der Waals surface area contributed by atoms with Gasteiger partial charge in [-0.05, 0) is 48.4 Å². The molecule has 0 saturated heterocycles. The first kappa shape index (κ1) is 13.8. The second-order valence-corrected chi connectivity index (χ2v) is 4.49. The van der Waals surface area contributed by atoms with Crippen molar-refractivity contribution in [3.8, 4) is 6.07 Å². The molecule has 2 aromatic rings. The second-order valence-electron chi connectivity index (χ2n) is 4.49. The number of anilines is 1. The fourth-order valence-corrected chi connectivity index (χ4v) is 1.84. The van der Waals surface area contributed by atoms with Gasteiger partial charge in [0.2, 0.25) is 5.91 Å². The lowest BCUT2D eigenvalue weighted by Gasteiger charge is -2.08. The molecular weight excluding hydrogens is 255 g/mol. The zero-order valence-electron chi connectivity index (χ0n) is 11.0. The summed E-state index contributed by atoms with van der Waals surface area (Å²) >= 11 is 0. The van der Waals surface area contributed by atoms with Gasteiger partial charge in [-0.25, -0.2) is 4.39 Å². The van der Waals surface area contributed by atoms with Crippen LogP contribution in [0.25, 0.3) is 0 Å². The Hall–Kier alpha value is -2.67. The van der Waals surface area contributed by atoms with Crippen LogP contribution in [0.1, 0.15) is 16.7 Å². The summed E-state index contributed by atoms with van der Waals surface area (Å²) in [7, 11) is 0. The summed E-state index contributed by atoms with van der Waals surface area (Å²) in [5, 5.41) is 11.4. The summed E-state index contributed by atoms with van der Waals surface area (Å²) in [4.78, 5) is 11.9. The van der Waals surface area contributed by atoms with Crippen LogP contribution in [0.2, 0.25) is 0 Å². The molecule has 0 unspecified atom stereocenters. The van der Waals surface area contributed by atoms with Gasteiger partial charge < -0.3 is 5.32 Å². The van der Waals surface area contributed by atoms with Crippen LogP contribution < -0.4 is 5.32 Å². The van der Waals surface area contributed by atoms with Crippen LogP contribution in [-0.2, 0) is 11.2 Å². The Kier molecular flexibility index (Phi) is 4.11. The van der Waals surface area contributed by atoms with Crippen LogP contribution in [0.3, 0.4) is 0 Å². The van der Waals surface area contributed by atoms with Gasteiger partial charge in [0.25, 0.3) is 0 Å². The van der Waals surface area contributed by atoms with Gasteiger partial charge in [0, 0.05) is 5.69 Å². The van der Waals surface area contributed by atoms with E-state index in [9.17, 15) is 9.18 Å². The maximum Gasteiger partial charge on any atom is 0.228 e. The largest absolute Gasteiger partial charge is 0.326 e. The standard InChI is InChI=1S/C16H13FN2O/c1-11-8-14(17)6-7-15(11)19-16(20)9-12-2-4-13(10-18)5-3-12/h2-8H,9H2,1H3,(H,19,20). The van der Waals surface area contributed by atoms with Crippen molar-refractivity contribution in [3.63, 3.8) is 0 Å². The van der Waals surface area contributed by atoms with Crippen LogP contribution in [-0.4, -0.2) is 5.91 Å². The molecule has 0 bridgehead atoms. The number of carbonyl (C=O) groups excluding carboxylic acids is 1. The van der Waals surface area contributed by atoms with Crippen molar-refractivity contribution in [1.29, 1.82) is 5.26 Å². The fourth-order valence-electron chi connectivity index (χ4n) is 1.84. The maximum atomic E-state index is 13.0. The fraction of sp³-hybridized carbons (Fsp3) is 0.125. The molecule has 0 aliphatic heterocycles. The number of aryl methyl sites for hydroxylation is 1. The number of nitrogens with one attached hydrogen (secondary N) is 1. The van der Waals surface area contributed by atoms with Crippen molar-refractivity contribution in [3.05, 3.63) is 65.0 Å². The molecule has 2 aromatic carbocycles. The van der Waals surface area contributed by atoms with Crippen LogP contribution in [0.15, 0.2) is 42.5 Å². The SMILES string of the molecule is Cc1cc(F)ccc1NC(=O)Cc1ccc(C#N)cc1. The molecule has 3 nitrogen and oxygen atoms in total. The van der Waals surface area contributed by atoms with E-state index in [1.165, 1.54) is 12.1 Å². The molecule has 0 atom stereocenters. The van der Waals surface area contributed by atoms with E-state index in [0.29, 0.717) is 16.8 Å². The molecule has 0 aliphatic carbocycles. The maximum absolute atomic E-state index is 13.0. The highest BCUT2D eigenvalue weighted by Gasteiger charge is 2.06. The van der Waals surface area contributed by atoms with Crippen LogP contribution in [0.5, 0.6) is 0 Å². The molecular formula is C16H13FN2O. The Labute approximate surface area is 116 Å². The van der Waals surface area contributed by atoms with Crippen LogP contribution in [0, 0.1) is 24.1 Å². The molecule has 0 aromatic heterocycles. The van der Waals surface area contributed by atoms with Crippen LogP contribution >= 0.6 is 0 Å².